The minimum Gasteiger partial charge on any atom is -0.337 e. The van der Waals surface area contributed by atoms with E-state index in [9.17, 15) is 4.79 Å². The molecule has 0 unspecified atom stereocenters. The lowest BCUT2D eigenvalue weighted by molar-refractivity contribution is -0.127. The van der Waals surface area contributed by atoms with E-state index in [1.807, 2.05) is 65.6 Å². The number of aromatic nitrogens is 1. The first-order valence-electron chi connectivity index (χ1n) is 9.62. The van der Waals surface area contributed by atoms with Crippen LogP contribution in [-0.4, -0.2) is 46.9 Å². The number of rotatable bonds is 5. The van der Waals surface area contributed by atoms with Crippen molar-refractivity contribution in [3.05, 3.63) is 81.6 Å². The molecule has 1 aromatic heterocycles. The second kappa shape index (κ2) is 9.35. The monoisotopic (exact) mass is 423 g/mol. The normalized spacial score (nSPS) is 15.1. The summed E-state index contributed by atoms with van der Waals surface area (Å²) < 4.78 is 0. The summed E-state index contributed by atoms with van der Waals surface area (Å²) in [5, 5.41) is 3.92. The van der Waals surface area contributed by atoms with E-state index in [1.165, 1.54) is 0 Å². The van der Waals surface area contributed by atoms with Crippen molar-refractivity contribution < 1.29 is 4.79 Å². The number of thiazole rings is 1. The molecule has 1 aliphatic heterocycles. The largest absolute Gasteiger partial charge is 0.337 e. The molecule has 0 saturated carbocycles. The molecule has 3 aromatic rings. The van der Waals surface area contributed by atoms with Crippen LogP contribution in [0.3, 0.4) is 0 Å². The highest BCUT2D eigenvalue weighted by Gasteiger charge is 2.20. The number of halogens is 1. The molecule has 2 aromatic carbocycles. The van der Waals surface area contributed by atoms with E-state index in [-0.39, 0.29) is 5.91 Å². The van der Waals surface area contributed by atoms with Gasteiger partial charge >= 0.3 is 0 Å². The molecule has 4 nitrogen and oxygen atoms in total. The molecule has 2 heterocycles. The molecule has 1 saturated heterocycles. The van der Waals surface area contributed by atoms with Crippen LogP contribution in [0.2, 0.25) is 5.02 Å². The standard InChI is InChI=1S/C23H22ClN3OS/c24-20-9-7-19(8-10-20)21-17-29-22(25-21)16-26-12-14-27(15-13-26)23(28)11-6-18-4-2-1-3-5-18/h1-11,17H,12-16H2/b11-6+. The SMILES string of the molecule is O=C(/C=C/c1ccccc1)N1CCN(Cc2nc(-c3ccc(Cl)cc3)cs2)CC1. The van der Waals surface area contributed by atoms with Crippen LogP contribution in [-0.2, 0) is 11.3 Å². The van der Waals surface area contributed by atoms with Crippen LogP contribution in [0.4, 0.5) is 0 Å². The van der Waals surface area contributed by atoms with Gasteiger partial charge in [-0.25, -0.2) is 4.98 Å². The fraction of sp³-hybridized carbons (Fsp3) is 0.217. The number of hydrogen-bond donors (Lipinski definition) is 0. The van der Waals surface area contributed by atoms with Crippen LogP contribution in [0.25, 0.3) is 17.3 Å². The minimum absolute atomic E-state index is 0.0766. The number of nitrogens with zero attached hydrogens (tertiary/aromatic N) is 3. The molecule has 29 heavy (non-hydrogen) atoms. The molecule has 1 fully saturated rings. The maximum absolute atomic E-state index is 12.4. The summed E-state index contributed by atoms with van der Waals surface area (Å²) in [7, 11) is 0. The zero-order valence-corrected chi connectivity index (χ0v) is 17.6. The molecule has 0 N–H and O–H groups in total. The van der Waals surface area contributed by atoms with Gasteiger partial charge in [-0.2, -0.15) is 0 Å². The van der Waals surface area contributed by atoms with Crippen molar-refractivity contribution in [2.24, 2.45) is 0 Å². The van der Waals surface area contributed by atoms with Crippen molar-refractivity contribution in [2.75, 3.05) is 26.2 Å². The third-order valence-corrected chi connectivity index (χ3v) is 6.04. The lowest BCUT2D eigenvalue weighted by Gasteiger charge is -2.33. The molecule has 0 spiro atoms. The lowest BCUT2D eigenvalue weighted by Crippen LogP contribution is -2.47. The van der Waals surface area contributed by atoms with Gasteiger partial charge in [0.15, 0.2) is 0 Å². The van der Waals surface area contributed by atoms with Crippen molar-refractivity contribution in [3.8, 4) is 11.3 Å². The minimum atomic E-state index is 0.0766. The Balaban J connectivity index is 1.28. The lowest BCUT2D eigenvalue weighted by atomic mass is 10.2. The van der Waals surface area contributed by atoms with E-state index in [0.29, 0.717) is 0 Å². The van der Waals surface area contributed by atoms with Gasteiger partial charge in [0, 0.05) is 48.2 Å². The smallest absolute Gasteiger partial charge is 0.246 e. The Morgan fingerprint density at radius 2 is 1.76 bits per heavy atom. The molecule has 0 radical (unpaired) electrons. The number of benzene rings is 2. The number of amides is 1. The van der Waals surface area contributed by atoms with Gasteiger partial charge in [0.2, 0.25) is 5.91 Å². The third kappa shape index (κ3) is 5.32. The van der Waals surface area contributed by atoms with Crippen molar-refractivity contribution in [1.29, 1.82) is 0 Å². The van der Waals surface area contributed by atoms with Gasteiger partial charge in [0.05, 0.1) is 12.2 Å². The van der Waals surface area contributed by atoms with Crippen LogP contribution in [0, 0.1) is 0 Å². The molecule has 4 rings (SSSR count). The quantitative estimate of drug-likeness (QED) is 0.552. The molecule has 0 atom stereocenters. The molecule has 1 aliphatic rings. The number of hydrogen-bond acceptors (Lipinski definition) is 4. The summed E-state index contributed by atoms with van der Waals surface area (Å²) in [5.74, 6) is 0.0766. The maximum atomic E-state index is 12.4. The average molecular weight is 424 g/mol. The van der Waals surface area contributed by atoms with E-state index >= 15 is 0 Å². The fourth-order valence-corrected chi connectivity index (χ4v) is 4.26. The molecule has 0 aliphatic carbocycles. The molecule has 0 bridgehead atoms. The van der Waals surface area contributed by atoms with Gasteiger partial charge in [-0.05, 0) is 23.8 Å². The van der Waals surface area contributed by atoms with Gasteiger partial charge in [-0.3, -0.25) is 9.69 Å². The van der Waals surface area contributed by atoms with Crippen molar-refractivity contribution in [3.63, 3.8) is 0 Å². The Kier molecular flexibility index (Phi) is 6.39. The van der Waals surface area contributed by atoms with Crippen molar-refractivity contribution in [1.82, 2.24) is 14.8 Å². The third-order valence-electron chi connectivity index (χ3n) is 4.95. The summed E-state index contributed by atoms with van der Waals surface area (Å²) in [6.45, 7) is 4.03. The van der Waals surface area contributed by atoms with E-state index < -0.39 is 0 Å². The first-order valence-corrected chi connectivity index (χ1v) is 10.9. The van der Waals surface area contributed by atoms with Crippen LogP contribution in [0.1, 0.15) is 10.6 Å². The fourth-order valence-electron chi connectivity index (χ4n) is 3.29. The van der Waals surface area contributed by atoms with Crippen molar-refractivity contribution in [2.45, 2.75) is 6.54 Å². The highest BCUT2D eigenvalue weighted by Crippen LogP contribution is 2.24. The van der Waals surface area contributed by atoms with Crippen LogP contribution < -0.4 is 0 Å². The van der Waals surface area contributed by atoms with Gasteiger partial charge in [-0.1, -0.05) is 54.1 Å². The second-order valence-electron chi connectivity index (χ2n) is 6.98. The van der Waals surface area contributed by atoms with Gasteiger partial charge in [-0.15, -0.1) is 11.3 Å². The van der Waals surface area contributed by atoms with Gasteiger partial charge in [0.25, 0.3) is 0 Å². The zero-order valence-electron chi connectivity index (χ0n) is 16.0. The Morgan fingerprint density at radius 1 is 1.03 bits per heavy atom. The zero-order chi connectivity index (χ0) is 20.1. The number of carbonyl (C=O) groups is 1. The first kappa shape index (κ1) is 19.8. The summed E-state index contributed by atoms with van der Waals surface area (Å²) in [4.78, 5) is 21.5. The van der Waals surface area contributed by atoms with Crippen molar-refractivity contribution >= 4 is 34.9 Å². The van der Waals surface area contributed by atoms with Crippen LogP contribution >= 0.6 is 22.9 Å². The Labute approximate surface area is 180 Å². The van der Waals surface area contributed by atoms with Gasteiger partial charge in [0.1, 0.15) is 5.01 Å². The average Bonchev–Trinajstić information content (AvgIpc) is 3.22. The molecule has 6 heteroatoms. The number of piperazine rings is 1. The van der Waals surface area contributed by atoms with Crippen LogP contribution in [0.15, 0.2) is 66.1 Å². The summed E-state index contributed by atoms with van der Waals surface area (Å²) in [5.41, 5.74) is 3.11. The van der Waals surface area contributed by atoms with E-state index in [2.05, 4.69) is 10.3 Å². The number of carbonyl (C=O) groups excluding carboxylic acids is 1. The predicted molar refractivity (Wildman–Crippen MR) is 120 cm³/mol. The Hall–Kier alpha value is -2.47. The maximum Gasteiger partial charge on any atom is 0.246 e. The Bertz CT molecular complexity index is 977. The van der Waals surface area contributed by atoms with E-state index in [1.54, 1.807) is 17.4 Å². The molecular formula is C23H22ClN3OS. The molecular weight excluding hydrogens is 402 g/mol. The summed E-state index contributed by atoms with van der Waals surface area (Å²) in [6, 6.07) is 17.7. The van der Waals surface area contributed by atoms with E-state index in [0.717, 1.165) is 59.6 Å². The molecule has 148 valence electrons. The predicted octanol–water partition coefficient (Wildman–Crippen LogP) is 4.82. The first-order chi connectivity index (χ1) is 14.2. The molecule has 1 amide bonds. The van der Waals surface area contributed by atoms with E-state index in [4.69, 9.17) is 16.6 Å². The van der Waals surface area contributed by atoms with Gasteiger partial charge < -0.3 is 4.90 Å². The Morgan fingerprint density at radius 3 is 2.48 bits per heavy atom. The summed E-state index contributed by atoms with van der Waals surface area (Å²) in [6.07, 6.45) is 3.55. The summed E-state index contributed by atoms with van der Waals surface area (Å²) >= 11 is 7.64. The second-order valence-corrected chi connectivity index (χ2v) is 8.36. The highest BCUT2D eigenvalue weighted by molar-refractivity contribution is 7.09. The highest BCUT2D eigenvalue weighted by atomic mass is 35.5. The topological polar surface area (TPSA) is 36.4 Å². The van der Waals surface area contributed by atoms with Crippen LogP contribution in [0.5, 0.6) is 0 Å².